The summed E-state index contributed by atoms with van der Waals surface area (Å²) in [6, 6.07) is 28.5. The Morgan fingerprint density at radius 3 is 1.94 bits per heavy atom. The number of rotatable bonds is 22. The van der Waals surface area contributed by atoms with Crippen LogP contribution in [0.2, 0.25) is 0 Å². The molecule has 19 nitrogen and oxygen atoms in total. The van der Waals surface area contributed by atoms with Crippen molar-refractivity contribution < 1.29 is 159 Å². The number of nitrogens with zero attached hydrogens (tertiary/aromatic N) is 3. The second-order valence-electron chi connectivity index (χ2n) is 22.8. The van der Waals surface area contributed by atoms with Gasteiger partial charge in [-0.2, -0.15) is 4.58 Å². The molecule has 0 atom stereocenters. The molecular weight excluding hydrogens is 1260 g/mol. The van der Waals surface area contributed by atoms with Gasteiger partial charge in [-0.3, -0.25) is 9.59 Å². The van der Waals surface area contributed by atoms with E-state index in [0.717, 1.165) is 34.5 Å². The summed E-state index contributed by atoms with van der Waals surface area (Å²) >= 11 is 0. The van der Waals surface area contributed by atoms with Crippen LogP contribution in [0.25, 0.3) is 0 Å². The number of hydrogen-bond acceptors (Lipinski definition) is 16. The van der Waals surface area contributed by atoms with E-state index in [4.69, 9.17) is 4.74 Å². The quantitative estimate of drug-likeness (QED) is 0.0309. The molecule has 0 saturated carbocycles. The minimum Gasteiger partial charge on any atom is -0.748 e. The zero-order chi connectivity index (χ0) is 62.7. The van der Waals surface area contributed by atoms with Gasteiger partial charge in [0.25, 0.3) is 0 Å². The monoisotopic (exact) mass is 1330 g/mol. The Morgan fingerprint density at radius 2 is 1.27 bits per heavy atom. The van der Waals surface area contributed by atoms with Crippen molar-refractivity contribution in [3.63, 3.8) is 0 Å². The molecule has 3 aliphatic heterocycles. The Kier molecular flexibility index (Phi) is 25.4. The van der Waals surface area contributed by atoms with Crippen molar-refractivity contribution >= 4 is 75.1 Å². The molecule has 0 saturated heterocycles. The van der Waals surface area contributed by atoms with Crippen LogP contribution in [0, 0.1) is 11.8 Å². The number of anilines is 2. The third kappa shape index (κ3) is 17.8. The molecule has 458 valence electrons. The molecular formula is C64H65N4Na3O15S4. The zero-order valence-corrected chi connectivity index (χ0v) is 60.7. The molecule has 0 fully saturated rings. The van der Waals surface area contributed by atoms with E-state index < -0.39 is 66.8 Å². The van der Waals surface area contributed by atoms with Gasteiger partial charge in [0.15, 0.2) is 5.71 Å². The van der Waals surface area contributed by atoms with Crippen molar-refractivity contribution in [2.75, 3.05) is 35.2 Å². The van der Waals surface area contributed by atoms with Crippen LogP contribution in [-0.4, -0.2) is 99.4 Å². The summed E-state index contributed by atoms with van der Waals surface area (Å²) in [5.74, 6) is 6.05. The standard InChI is InChI=1S/C64H68N4O15S4.3Na/c1-63(2)53-41-51(86(77,78)79)30-32-56(53)66(38-11-5-6-21-60(69)65-37-36-61(70)68-43-48-17-8-7-15-44(48)22-23-45-16-9-10-20-55(45)68)58(63)34-24-46-18-14-19-47(62(46)83-49-26-28-50(29-27-49)85(74,75)76)25-35-59-64(3,4)54-42-52(87(80,81)82)31-33-57(54)67(59)39-12-13-40-84(71,72)73;;;/h7-10,15-17,20,24-35,41-42H,5-6,11-14,18-19,21,36-40,43H2,1-4H3,(H4-,65,69,71,72,73,74,75,76,77,78,79,80,81,82);;;/q;3*+1/p-3. The minimum atomic E-state index is -4.85. The number of unbranched alkanes of at least 4 members (excludes halogenated alkanes) is 3. The molecule has 9 rings (SSSR count). The minimum absolute atomic E-state index is 0. The van der Waals surface area contributed by atoms with Crippen molar-refractivity contribution in [2.45, 2.75) is 124 Å². The smallest absolute Gasteiger partial charge is 0.748 e. The Labute approximate surface area is 594 Å². The van der Waals surface area contributed by atoms with Gasteiger partial charge in [-0.15, -0.1) is 0 Å². The Bertz CT molecular complexity index is 4290. The molecule has 0 bridgehead atoms. The van der Waals surface area contributed by atoms with Crippen LogP contribution in [0.15, 0.2) is 171 Å². The summed E-state index contributed by atoms with van der Waals surface area (Å²) < 4.78 is 153. The topological polar surface area (TPSA) is 294 Å². The van der Waals surface area contributed by atoms with Crippen molar-refractivity contribution in [1.82, 2.24) is 5.32 Å². The predicted octanol–water partition coefficient (Wildman–Crippen LogP) is -0.193. The summed E-state index contributed by atoms with van der Waals surface area (Å²) in [5, 5.41) is 2.91. The Balaban J connectivity index is 0.00000430. The maximum atomic E-state index is 13.8. The van der Waals surface area contributed by atoms with Gasteiger partial charge in [0.05, 0.1) is 42.5 Å². The number of hydrogen-bond donors (Lipinski definition) is 1. The maximum absolute atomic E-state index is 13.8. The molecule has 3 heterocycles. The first-order valence-electron chi connectivity index (χ1n) is 28.4. The number of para-hydroxylation sites is 1. The van der Waals surface area contributed by atoms with E-state index >= 15 is 0 Å². The SMILES string of the molecule is CC1(C)C(=CC=C2CCCC(C=CC3=[N+](CCCCS(=O)(=O)[O-])c4ccc(S(=O)(=O)[O-])cc4C3(C)C)=C2Oc2ccc(S(=O)(=O)[O-])cc2)N(CCCCCC(=O)NCCC(=O)N2Cc3ccccc3C#Cc3ccccc32)c2ccc(S(=O)(=O)[O-])cc21.[Na+].[Na+].[Na+]. The van der Waals surface area contributed by atoms with Crippen molar-refractivity contribution in [2.24, 2.45) is 0 Å². The second kappa shape index (κ2) is 30.7. The molecule has 5 aromatic carbocycles. The largest absolute Gasteiger partial charge is 1.00 e. The average Bonchev–Trinajstić information content (AvgIpc) is 1.60. The summed E-state index contributed by atoms with van der Waals surface area (Å²) in [7, 11) is -19.0. The number of fused-ring (bicyclic) bond motifs is 4. The summed E-state index contributed by atoms with van der Waals surface area (Å²) in [5.41, 5.74) is 6.56. The van der Waals surface area contributed by atoms with E-state index in [1.54, 1.807) is 11.0 Å². The third-order valence-electron chi connectivity index (χ3n) is 16.1. The van der Waals surface area contributed by atoms with Gasteiger partial charge < -0.3 is 38.1 Å². The van der Waals surface area contributed by atoms with Gasteiger partial charge in [-0.1, -0.05) is 68.5 Å². The summed E-state index contributed by atoms with van der Waals surface area (Å²) in [4.78, 5) is 29.4. The van der Waals surface area contributed by atoms with Crippen molar-refractivity contribution in [3.05, 3.63) is 184 Å². The van der Waals surface area contributed by atoms with Crippen molar-refractivity contribution in [1.29, 1.82) is 0 Å². The zero-order valence-electron chi connectivity index (χ0n) is 51.4. The van der Waals surface area contributed by atoms with E-state index in [-0.39, 0.29) is 150 Å². The first-order chi connectivity index (χ1) is 41.0. The normalized spacial score (nSPS) is 16.8. The van der Waals surface area contributed by atoms with E-state index in [1.165, 1.54) is 42.5 Å². The number of ether oxygens (including phenoxy) is 1. The molecule has 1 aliphatic carbocycles. The maximum Gasteiger partial charge on any atom is 1.00 e. The number of nitrogens with one attached hydrogen (secondary N) is 1. The van der Waals surface area contributed by atoms with Crippen LogP contribution in [0.5, 0.6) is 5.75 Å². The predicted molar refractivity (Wildman–Crippen MR) is 323 cm³/mol. The number of benzene rings is 5. The molecule has 0 aromatic heterocycles. The number of amides is 2. The number of carbonyl (C=O) groups excluding carboxylic acids is 2. The van der Waals surface area contributed by atoms with Crippen LogP contribution in [0.3, 0.4) is 0 Å². The fraction of sp³-hybridized carbons (Fsp3) is 0.328. The molecule has 2 amide bonds. The molecule has 90 heavy (non-hydrogen) atoms. The van der Waals surface area contributed by atoms with Gasteiger partial charge in [-0.25, -0.2) is 33.7 Å². The van der Waals surface area contributed by atoms with Crippen LogP contribution in [-0.2, 0) is 67.4 Å². The van der Waals surface area contributed by atoms with Gasteiger partial charge >= 0.3 is 88.7 Å². The molecule has 1 N–H and O–H groups in total. The fourth-order valence-electron chi connectivity index (χ4n) is 11.6. The number of allylic oxidation sites excluding steroid dienone is 7. The van der Waals surface area contributed by atoms with Gasteiger partial charge in [0.1, 0.15) is 48.4 Å². The second-order valence-corrected chi connectivity index (χ2v) is 28.5. The molecule has 0 radical (unpaired) electrons. The van der Waals surface area contributed by atoms with E-state index in [2.05, 4.69) is 22.1 Å². The average molecular weight is 1330 g/mol. The first kappa shape index (κ1) is 74.5. The van der Waals surface area contributed by atoms with Crippen LogP contribution in [0.4, 0.5) is 17.1 Å². The molecule has 0 unspecified atom stereocenters. The first-order valence-corrected chi connectivity index (χ1v) is 34.2. The van der Waals surface area contributed by atoms with Gasteiger partial charge in [-0.05, 0) is 160 Å². The van der Waals surface area contributed by atoms with Gasteiger partial charge in [0, 0.05) is 83.7 Å². The van der Waals surface area contributed by atoms with Crippen LogP contribution in [0.1, 0.15) is 120 Å². The summed E-state index contributed by atoms with van der Waals surface area (Å²) in [6.07, 6.45) is 11.4. The number of carbonyl (C=O) groups is 2. The van der Waals surface area contributed by atoms with Gasteiger partial charge in [0.2, 0.25) is 17.5 Å². The molecule has 26 heteroatoms. The van der Waals surface area contributed by atoms with E-state index in [9.17, 15) is 61.5 Å². The molecule has 4 aliphatic rings. The fourth-order valence-corrected chi connectivity index (χ4v) is 13.6. The van der Waals surface area contributed by atoms with Crippen LogP contribution >= 0.6 is 0 Å². The Hall–Kier alpha value is -4.53. The molecule has 5 aromatic rings. The Morgan fingerprint density at radius 1 is 0.644 bits per heavy atom. The summed E-state index contributed by atoms with van der Waals surface area (Å²) in [6.45, 7) is 8.66. The van der Waals surface area contributed by atoms with Crippen LogP contribution < -0.4 is 109 Å². The van der Waals surface area contributed by atoms with E-state index in [0.29, 0.717) is 102 Å². The van der Waals surface area contributed by atoms with Crippen molar-refractivity contribution in [3.8, 4) is 17.6 Å². The molecule has 0 spiro atoms. The van der Waals surface area contributed by atoms with E-state index in [1.807, 2.05) is 105 Å². The third-order valence-corrected chi connectivity index (χ3v) is 19.4.